The maximum absolute atomic E-state index is 12.4. The average Bonchev–Trinajstić information content (AvgIpc) is 2.88. The summed E-state index contributed by atoms with van der Waals surface area (Å²) in [6, 6.07) is 10.4. The van der Waals surface area contributed by atoms with Gasteiger partial charge in [0.1, 0.15) is 11.3 Å². The van der Waals surface area contributed by atoms with Gasteiger partial charge in [-0.05, 0) is 25.1 Å². The number of benzene rings is 2. The van der Waals surface area contributed by atoms with Crippen LogP contribution in [0, 0.1) is 0 Å². The Bertz CT molecular complexity index is 879. The molecule has 0 unspecified atom stereocenters. The second-order valence-corrected chi connectivity index (χ2v) is 6.21. The topological polar surface area (TPSA) is 77.2 Å². The summed E-state index contributed by atoms with van der Waals surface area (Å²) in [6.45, 7) is 2.38. The molecule has 3 N–H and O–H groups in total. The third-order valence-electron chi connectivity index (χ3n) is 3.15. The Morgan fingerprint density at radius 3 is 2.91 bits per heavy atom. The molecule has 5 nitrogen and oxygen atoms in total. The summed E-state index contributed by atoms with van der Waals surface area (Å²) in [4.78, 5) is 16.6. The number of nitrogens with zero attached hydrogens (tertiary/aromatic N) is 1. The Morgan fingerprint density at radius 2 is 2.17 bits per heavy atom. The molecule has 2 aromatic carbocycles. The first-order chi connectivity index (χ1) is 11.1. The van der Waals surface area contributed by atoms with Crippen molar-refractivity contribution < 1.29 is 9.53 Å². The van der Waals surface area contributed by atoms with Crippen molar-refractivity contribution in [3.63, 3.8) is 0 Å². The molecule has 0 radical (unpaired) electrons. The number of hydrogen-bond donors (Lipinski definition) is 2. The van der Waals surface area contributed by atoms with E-state index in [0.717, 1.165) is 4.70 Å². The summed E-state index contributed by atoms with van der Waals surface area (Å²) < 4.78 is 6.45. The number of carbonyl (C=O) groups is 1. The second-order valence-electron chi connectivity index (χ2n) is 4.74. The van der Waals surface area contributed by atoms with Crippen LogP contribution in [0.4, 0.5) is 10.8 Å². The van der Waals surface area contributed by atoms with E-state index in [2.05, 4.69) is 10.3 Å². The Hall–Kier alpha value is -2.31. The monoisotopic (exact) mass is 347 g/mol. The molecule has 0 aliphatic heterocycles. The number of anilines is 2. The molecule has 7 heteroatoms. The van der Waals surface area contributed by atoms with Crippen LogP contribution in [-0.2, 0) is 0 Å². The molecular formula is C16H14ClN3O2S. The van der Waals surface area contributed by atoms with Crippen LogP contribution >= 0.6 is 22.9 Å². The third kappa shape index (κ3) is 3.23. The lowest BCUT2D eigenvalue weighted by molar-refractivity contribution is 0.102. The molecule has 0 aliphatic carbocycles. The molecule has 23 heavy (non-hydrogen) atoms. The average molecular weight is 348 g/mol. The highest BCUT2D eigenvalue weighted by atomic mass is 35.5. The zero-order valence-corrected chi connectivity index (χ0v) is 13.9. The number of ether oxygens (including phenoxy) is 1. The lowest BCUT2D eigenvalue weighted by atomic mass is 10.2. The fourth-order valence-electron chi connectivity index (χ4n) is 2.20. The van der Waals surface area contributed by atoms with Gasteiger partial charge in [-0.1, -0.05) is 35.1 Å². The molecule has 1 amide bonds. The van der Waals surface area contributed by atoms with Crippen molar-refractivity contribution in [2.45, 2.75) is 6.92 Å². The number of amides is 1. The highest BCUT2D eigenvalue weighted by molar-refractivity contribution is 7.22. The number of nitrogens with one attached hydrogen (secondary N) is 1. The van der Waals surface area contributed by atoms with Gasteiger partial charge in [0.2, 0.25) is 0 Å². The van der Waals surface area contributed by atoms with Gasteiger partial charge >= 0.3 is 0 Å². The number of nitrogen functional groups attached to an aromatic ring is 1. The first-order valence-corrected chi connectivity index (χ1v) is 8.16. The van der Waals surface area contributed by atoms with Gasteiger partial charge in [-0.25, -0.2) is 4.98 Å². The predicted octanol–water partition coefficient (Wildman–Crippen LogP) is 4.18. The van der Waals surface area contributed by atoms with Gasteiger partial charge < -0.3 is 15.8 Å². The largest absolute Gasteiger partial charge is 0.491 e. The van der Waals surface area contributed by atoms with Crippen LogP contribution in [0.2, 0.25) is 5.02 Å². The van der Waals surface area contributed by atoms with Crippen molar-refractivity contribution in [3.05, 3.63) is 47.0 Å². The van der Waals surface area contributed by atoms with Gasteiger partial charge in [-0.2, -0.15) is 0 Å². The van der Waals surface area contributed by atoms with Crippen LogP contribution in [-0.4, -0.2) is 17.5 Å². The fourth-order valence-corrected chi connectivity index (χ4v) is 3.21. The molecule has 3 rings (SSSR count). The van der Waals surface area contributed by atoms with Gasteiger partial charge in [-0.3, -0.25) is 4.79 Å². The van der Waals surface area contributed by atoms with Crippen molar-refractivity contribution in [1.82, 2.24) is 4.98 Å². The molecule has 0 fully saturated rings. The van der Waals surface area contributed by atoms with Crippen LogP contribution in [0.15, 0.2) is 36.4 Å². The highest BCUT2D eigenvalue weighted by Crippen LogP contribution is 2.34. The summed E-state index contributed by atoms with van der Waals surface area (Å²) in [7, 11) is 0. The molecule has 1 heterocycles. The Balaban J connectivity index is 1.96. The van der Waals surface area contributed by atoms with E-state index in [1.807, 2.05) is 13.0 Å². The molecule has 0 saturated heterocycles. The van der Waals surface area contributed by atoms with E-state index >= 15 is 0 Å². The number of aromatic nitrogens is 1. The van der Waals surface area contributed by atoms with E-state index in [0.29, 0.717) is 39.3 Å². The minimum atomic E-state index is -0.283. The van der Waals surface area contributed by atoms with Crippen molar-refractivity contribution in [2.24, 2.45) is 0 Å². The number of thiazole rings is 1. The van der Waals surface area contributed by atoms with Crippen molar-refractivity contribution in [1.29, 1.82) is 0 Å². The zero-order valence-electron chi connectivity index (χ0n) is 12.3. The van der Waals surface area contributed by atoms with E-state index in [-0.39, 0.29) is 5.91 Å². The first-order valence-electron chi connectivity index (χ1n) is 6.97. The number of halogens is 1. The normalized spacial score (nSPS) is 10.7. The van der Waals surface area contributed by atoms with E-state index in [1.54, 1.807) is 30.3 Å². The van der Waals surface area contributed by atoms with Crippen LogP contribution < -0.4 is 15.8 Å². The first kappa shape index (κ1) is 15.6. The summed E-state index contributed by atoms with van der Waals surface area (Å²) in [5, 5.41) is 3.69. The van der Waals surface area contributed by atoms with Crippen molar-refractivity contribution in [2.75, 3.05) is 17.7 Å². The van der Waals surface area contributed by atoms with E-state index in [1.165, 1.54) is 11.3 Å². The maximum atomic E-state index is 12.4. The molecule has 3 aromatic rings. The third-order valence-corrected chi connectivity index (χ3v) is 4.31. The van der Waals surface area contributed by atoms with E-state index < -0.39 is 0 Å². The molecular weight excluding hydrogens is 334 g/mol. The quantitative estimate of drug-likeness (QED) is 0.742. The fraction of sp³-hybridized carbons (Fsp3) is 0.125. The van der Waals surface area contributed by atoms with Crippen LogP contribution in [0.3, 0.4) is 0 Å². The highest BCUT2D eigenvalue weighted by Gasteiger charge is 2.14. The van der Waals surface area contributed by atoms with Crippen molar-refractivity contribution >= 4 is 49.9 Å². The number of rotatable bonds is 4. The summed E-state index contributed by atoms with van der Waals surface area (Å²) in [5.74, 6) is 0.308. The minimum absolute atomic E-state index is 0.283. The minimum Gasteiger partial charge on any atom is -0.491 e. The summed E-state index contributed by atoms with van der Waals surface area (Å²) in [6.07, 6.45) is 0. The van der Waals surface area contributed by atoms with Gasteiger partial charge in [0.05, 0.1) is 21.9 Å². The number of carbonyl (C=O) groups excluding carboxylic acids is 1. The zero-order chi connectivity index (χ0) is 16.4. The Morgan fingerprint density at radius 1 is 1.39 bits per heavy atom. The van der Waals surface area contributed by atoms with Gasteiger partial charge in [0, 0.05) is 11.8 Å². The molecule has 0 spiro atoms. The van der Waals surface area contributed by atoms with E-state index in [4.69, 9.17) is 22.1 Å². The standard InChI is InChI=1S/C16H14ClN3O2S/c1-2-22-12-7-9(8-13-14(12)20-16(18)23-13)19-15(21)10-5-3-4-6-11(10)17/h3-8H,2H2,1H3,(H2,18,20)(H,19,21). The molecule has 0 atom stereocenters. The maximum Gasteiger partial charge on any atom is 0.257 e. The predicted molar refractivity (Wildman–Crippen MR) is 94.6 cm³/mol. The molecule has 1 aromatic heterocycles. The van der Waals surface area contributed by atoms with Crippen molar-refractivity contribution in [3.8, 4) is 5.75 Å². The summed E-state index contributed by atoms with van der Waals surface area (Å²) >= 11 is 7.40. The van der Waals surface area contributed by atoms with Gasteiger partial charge in [-0.15, -0.1) is 0 Å². The summed E-state index contributed by atoms with van der Waals surface area (Å²) in [5.41, 5.74) is 7.48. The van der Waals surface area contributed by atoms with E-state index in [9.17, 15) is 4.79 Å². The number of nitrogens with two attached hydrogens (primary N) is 1. The molecule has 0 aliphatic rings. The molecule has 0 bridgehead atoms. The SMILES string of the molecule is CCOc1cc(NC(=O)c2ccccc2Cl)cc2sc(N)nc12. The number of hydrogen-bond acceptors (Lipinski definition) is 5. The van der Waals surface area contributed by atoms with Crippen LogP contribution in [0.25, 0.3) is 10.2 Å². The lowest BCUT2D eigenvalue weighted by Gasteiger charge is -2.09. The lowest BCUT2D eigenvalue weighted by Crippen LogP contribution is -2.12. The van der Waals surface area contributed by atoms with Gasteiger partial charge in [0.25, 0.3) is 5.91 Å². The smallest absolute Gasteiger partial charge is 0.257 e. The molecule has 118 valence electrons. The van der Waals surface area contributed by atoms with Crippen LogP contribution in [0.1, 0.15) is 17.3 Å². The van der Waals surface area contributed by atoms with Gasteiger partial charge in [0.15, 0.2) is 5.13 Å². The second kappa shape index (κ2) is 6.44. The Labute approximate surface area is 142 Å². The number of fused-ring (bicyclic) bond motifs is 1. The van der Waals surface area contributed by atoms with Crippen LogP contribution in [0.5, 0.6) is 5.75 Å². The Kier molecular flexibility index (Phi) is 4.36. The molecule has 0 saturated carbocycles.